The van der Waals surface area contributed by atoms with E-state index < -0.39 is 23.2 Å². The Bertz CT molecular complexity index is 989. The Morgan fingerprint density at radius 3 is 2.57 bits per heavy atom. The maximum atomic E-state index is 13.0. The average Bonchev–Trinajstić information content (AvgIpc) is 3.01. The molecule has 0 N–H and O–H groups in total. The van der Waals surface area contributed by atoms with E-state index in [4.69, 9.17) is 9.47 Å². The molecule has 2 aromatic carbocycles. The molecule has 0 radical (unpaired) electrons. The number of esters is 1. The number of para-hydroxylation sites is 1. The number of thioether (sulfide) groups is 1. The van der Waals surface area contributed by atoms with Gasteiger partial charge >= 0.3 is 5.97 Å². The van der Waals surface area contributed by atoms with E-state index >= 15 is 0 Å². The molecule has 2 amide bonds. The fourth-order valence-electron chi connectivity index (χ4n) is 2.80. The molecular formula is C22H20FNO5S. The van der Waals surface area contributed by atoms with E-state index in [9.17, 15) is 18.8 Å². The topological polar surface area (TPSA) is 72.9 Å². The summed E-state index contributed by atoms with van der Waals surface area (Å²) in [6, 6.07) is 12.0. The molecule has 1 atom stereocenters. The first kappa shape index (κ1) is 21.6. The number of hydrogen-bond donors (Lipinski definition) is 0. The lowest BCUT2D eigenvalue weighted by atomic mass is 10.1. The lowest BCUT2D eigenvalue weighted by molar-refractivity contribution is -0.150. The van der Waals surface area contributed by atoms with Crippen molar-refractivity contribution < 1.29 is 28.2 Å². The first-order chi connectivity index (χ1) is 14.4. The number of nitrogens with zero attached hydrogens (tertiary/aromatic N) is 1. The van der Waals surface area contributed by atoms with Gasteiger partial charge in [-0.25, -0.2) is 9.18 Å². The number of rotatable bonds is 7. The highest BCUT2D eigenvalue weighted by atomic mass is 32.2. The lowest BCUT2D eigenvalue weighted by Crippen LogP contribution is -2.42. The third kappa shape index (κ3) is 4.88. The van der Waals surface area contributed by atoms with E-state index in [1.165, 1.54) is 19.1 Å². The van der Waals surface area contributed by atoms with Crippen molar-refractivity contribution in [2.24, 2.45) is 0 Å². The zero-order valence-electron chi connectivity index (χ0n) is 16.5. The van der Waals surface area contributed by atoms with Crippen LogP contribution in [0.5, 0.6) is 5.75 Å². The van der Waals surface area contributed by atoms with Gasteiger partial charge in [-0.1, -0.05) is 30.3 Å². The van der Waals surface area contributed by atoms with Crippen molar-refractivity contribution in [3.63, 3.8) is 0 Å². The summed E-state index contributed by atoms with van der Waals surface area (Å²) in [6.07, 6.45) is 1.56. The smallest absolute Gasteiger partial charge is 0.329 e. The first-order valence-electron chi connectivity index (χ1n) is 9.30. The van der Waals surface area contributed by atoms with Gasteiger partial charge in [-0.3, -0.25) is 14.5 Å². The third-order valence-corrected chi connectivity index (χ3v) is 5.24. The van der Waals surface area contributed by atoms with E-state index in [2.05, 4.69) is 0 Å². The van der Waals surface area contributed by atoms with Crippen LogP contribution in [0.15, 0.2) is 53.4 Å². The molecule has 1 fully saturated rings. The summed E-state index contributed by atoms with van der Waals surface area (Å²) in [7, 11) is 0. The standard InChI is InChI=1S/C22H20FNO5S/c1-3-28-21(26)14(2)24-20(25)19(30-22(24)27)12-16-6-4-5-7-18(16)29-13-15-8-10-17(23)11-9-15/h4-12,14H,3,13H2,1-2H3/b19-12+/t14-/m0/s1. The van der Waals surface area contributed by atoms with Gasteiger partial charge in [0.2, 0.25) is 0 Å². The number of benzene rings is 2. The Balaban J connectivity index is 1.78. The summed E-state index contributed by atoms with van der Waals surface area (Å²) in [5, 5.41) is -0.531. The van der Waals surface area contributed by atoms with Crippen LogP contribution >= 0.6 is 11.8 Å². The largest absolute Gasteiger partial charge is 0.488 e. The maximum Gasteiger partial charge on any atom is 0.329 e. The van der Waals surface area contributed by atoms with Crippen molar-refractivity contribution in [2.45, 2.75) is 26.5 Å². The average molecular weight is 429 g/mol. The number of halogens is 1. The molecule has 0 saturated carbocycles. The third-order valence-electron chi connectivity index (χ3n) is 4.35. The van der Waals surface area contributed by atoms with Gasteiger partial charge in [0.05, 0.1) is 11.5 Å². The van der Waals surface area contributed by atoms with E-state index in [0.717, 1.165) is 22.2 Å². The molecule has 0 bridgehead atoms. The van der Waals surface area contributed by atoms with Crippen molar-refractivity contribution in [1.82, 2.24) is 4.90 Å². The predicted octanol–water partition coefficient (Wildman–Crippen LogP) is 4.39. The van der Waals surface area contributed by atoms with E-state index in [1.807, 2.05) is 0 Å². The number of carbonyl (C=O) groups excluding carboxylic acids is 3. The highest BCUT2D eigenvalue weighted by Gasteiger charge is 2.41. The zero-order valence-corrected chi connectivity index (χ0v) is 17.3. The van der Waals surface area contributed by atoms with Crippen LogP contribution in [0.3, 0.4) is 0 Å². The van der Waals surface area contributed by atoms with Gasteiger partial charge in [-0.05, 0) is 55.4 Å². The molecular weight excluding hydrogens is 409 g/mol. The molecule has 1 aliphatic heterocycles. The second kappa shape index (κ2) is 9.58. The fraction of sp³-hybridized carbons (Fsp3) is 0.227. The molecule has 3 rings (SSSR count). The van der Waals surface area contributed by atoms with Crippen molar-refractivity contribution in [3.05, 3.63) is 70.4 Å². The van der Waals surface area contributed by atoms with Gasteiger partial charge < -0.3 is 9.47 Å². The van der Waals surface area contributed by atoms with Crippen LogP contribution in [0.4, 0.5) is 9.18 Å². The summed E-state index contributed by atoms with van der Waals surface area (Å²) < 4.78 is 23.8. The van der Waals surface area contributed by atoms with Gasteiger partial charge in [-0.15, -0.1) is 0 Å². The number of imide groups is 1. The quantitative estimate of drug-likeness (QED) is 0.480. The van der Waals surface area contributed by atoms with Crippen LogP contribution in [0.25, 0.3) is 6.08 Å². The highest BCUT2D eigenvalue weighted by molar-refractivity contribution is 8.18. The second-order valence-electron chi connectivity index (χ2n) is 6.43. The summed E-state index contributed by atoms with van der Waals surface area (Å²) in [6.45, 7) is 3.48. The SMILES string of the molecule is CCOC(=O)[C@H](C)N1C(=O)S/C(=C/c2ccccc2OCc2ccc(F)cc2)C1=O. The van der Waals surface area contributed by atoms with Crippen molar-refractivity contribution in [2.75, 3.05) is 6.61 Å². The predicted molar refractivity (Wildman–Crippen MR) is 111 cm³/mol. The first-order valence-corrected chi connectivity index (χ1v) is 10.1. The number of carbonyl (C=O) groups is 3. The number of hydrogen-bond acceptors (Lipinski definition) is 6. The van der Waals surface area contributed by atoms with Gasteiger partial charge in [0.15, 0.2) is 0 Å². The summed E-state index contributed by atoms with van der Waals surface area (Å²) in [5.41, 5.74) is 1.39. The number of ether oxygens (including phenoxy) is 2. The van der Waals surface area contributed by atoms with Crippen LogP contribution in [-0.2, 0) is 20.9 Å². The molecule has 0 aromatic heterocycles. The molecule has 1 saturated heterocycles. The molecule has 0 spiro atoms. The highest BCUT2D eigenvalue weighted by Crippen LogP contribution is 2.35. The van der Waals surface area contributed by atoms with Gasteiger partial charge in [0, 0.05) is 5.56 Å². The Morgan fingerprint density at radius 2 is 1.87 bits per heavy atom. The molecule has 156 valence electrons. The van der Waals surface area contributed by atoms with Crippen LogP contribution in [0.2, 0.25) is 0 Å². The molecule has 0 unspecified atom stereocenters. The molecule has 1 heterocycles. The van der Waals surface area contributed by atoms with Crippen LogP contribution < -0.4 is 4.74 Å². The monoisotopic (exact) mass is 429 g/mol. The fourth-order valence-corrected chi connectivity index (χ4v) is 3.70. The van der Waals surface area contributed by atoms with Gasteiger partial charge in [-0.2, -0.15) is 0 Å². The maximum absolute atomic E-state index is 13.0. The second-order valence-corrected chi connectivity index (χ2v) is 7.43. The van der Waals surface area contributed by atoms with Crippen molar-refractivity contribution >= 4 is 35.0 Å². The minimum absolute atomic E-state index is 0.161. The van der Waals surface area contributed by atoms with Crippen molar-refractivity contribution in [3.8, 4) is 5.75 Å². The Hall–Kier alpha value is -3.13. The molecule has 0 aliphatic carbocycles. The summed E-state index contributed by atoms with van der Waals surface area (Å²) in [4.78, 5) is 38.1. The molecule has 30 heavy (non-hydrogen) atoms. The van der Waals surface area contributed by atoms with Crippen LogP contribution in [-0.4, -0.2) is 34.7 Å². The molecule has 2 aromatic rings. The van der Waals surface area contributed by atoms with E-state index in [-0.39, 0.29) is 23.9 Å². The van der Waals surface area contributed by atoms with Gasteiger partial charge in [0.25, 0.3) is 11.1 Å². The summed E-state index contributed by atoms with van der Waals surface area (Å²) in [5.74, 6) is -1.01. The minimum Gasteiger partial charge on any atom is -0.488 e. The normalized spacial score (nSPS) is 16.1. The molecule has 6 nitrogen and oxygen atoms in total. The van der Waals surface area contributed by atoms with Gasteiger partial charge in [0.1, 0.15) is 24.2 Å². The Kier molecular flexibility index (Phi) is 6.89. The van der Waals surface area contributed by atoms with E-state index in [1.54, 1.807) is 49.4 Å². The van der Waals surface area contributed by atoms with Crippen molar-refractivity contribution in [1.29, 1.82) is 0 Å². The number of amides is 2. The lowest BCUT2D eigenvalue weighted by Gasteiger charge is -2.19. The van der Waals surface area contributed by atoms with Crippen LogP contribution in [0, 0.1) is 5.82 Å². The molecule has 1 aliphatic rings. The van der Waals surface area contributed by atoms with E-state index in [0.29, 0.717) is 11.3 Å². The summed E-state index contributed by atoms with van der Waals surface area (Å²) >= 11 is 0.759. The Labute approximate surface area is 177 Å². The molecule has 8 heteroatoms. The van der Waals surface area contributed by atoms with Crippen LogP contribution in [0.1, 0.15) is 25.0 Å². The minimum atomic E-state index is -1.01. The Morgan fingerprint density at radius 1 is 1.17 bits per heavy atom. The zero-order chi connectivity index (χ0) is 21.7.